The zero-order chi connectivity index (χ0) is 25.1. The minimum absolute atomic E-state index is 0.0853. The summed E-state index contributed by atoms with van der Waals surface area (Å²) in [6.07, 6.45) is 1.04. The van der Waals surface area contributed by atoms with E-state index in [0.29, 0.717) is 64.7 Å². The Labute approximate surface area is 208 Å². The molecule has 0 radical (unpaired) electrons. The summed E-state index contributed by atoms with van der Waals surface area (Å²) in [5, 5.41) is 27.0. The number of benzene rings is 2. The molecular weight excluding hydrogens is 466 g/mol. The first-order valence-electron chi connectivity index (χ1n) is 11.5. The number of carbonyl (C=O) groups excluding carboxylic acids is 2. The number of nitrogens with one attached hydrogen (secondary N) is 1. The number of fused-ring (bicyclic) bond motifs is 1. The van der Waals surface area contributed by atoms with Crippen molar-refractivity contribution in [1.29, 1.82) is 5.26 Å². The van der Waals surface area contributed by atoms with Gasteiger partial charge in [0, 0.05) is 30.1 Å². The first-order chi connectivity index (χ1) is 16.8. The number of anilines is 1. The van der Waals surface area contributed by atoms with Gasteiger partial charge in [-0.15, -0.1) is 0 Å². The molecule has 1 aliphatic rings. The summed E-state index contributed by atoms with van der Waals surface area (Å²) in [4.78, 5) is 27.5. The van der Waals surface area contributed by atoms with E-state index in [4.69, 9.17) is 22.0 Å². The van der Waals surface area contributed by atoms with Gasteiger partial charge in [0.15, 0.2) is 0 Å². The molecule has 2 amide bonds. The van der Waals surface area contributed by atoms with Crippen LogP contribution in [0.25, 0.3) is 11.3 Å². The van der Waals surface area contributed by atoms with Gasteiger partial charge in [-0.1, -0.05) is 30.7 Å². The quantitative estimate of drug-likeness (QED) is 0.504. The first kappa shape index (κ1) is 24.5. The van der Waals surface area contributed by atoms with E-state index < -0.39 is 0 Å². The number of carbonyl (C=O) groups is 2. The molecule has 0 bridgehead atoms. The van der Waals surface area contributed by atoms with Crippen molar-refractivity contribution in [2.45, 2.75) is 45.9 Å². The summed E-state index contributed by atoms with van der Waals surface area (Å²) in [5.74, 6) is -0.329. The Balaban J connectivity index is 1.70. The molecule has 35 heavy (non-hydrogen) atoms. The van der Waals surface area contributed by atoms with Gasteiger partial charge < -0.3 is 15.3 Å². The zero-order valence-corrected chi connectivity index (χ0v) is 20.3. The second-order valence-electron chi connectivity index (χ2n) is 8.65. The predicted molar refractivity (Wildman–Crippen MR) is 133 cm³/mol. The maximum Gasteiger partial charge on any atom is 0.272 e. The molecule has 0 fully saturated rings. The van der Waals surface area contributed by atoms with Crippen molar-refractivity contribution in [1.82, 2.24) is 14.7 Å². The maximum atomic E-state index is 13.4. The van der Waals surface area contributed by atoms with Crippen molar-refractivity contribution in [2.24, 2.45) is 0 Å². The summed E-state index contributed by atoms with van der Waals surface area (Å²) in [5.41, 5.74) is 3.91. The van der Waals surface area contributed by atoms with Gasteiger partial charge in [0.25, 0.3) is 5.91 Å². The molecule has 8 nitrogen and oxygen atoms in total. The van der Waals surface area contributed by atoms with Crippen LogP contribution in [0.5, 0.6) is 0 Å². The standard InChI is InChI=1S/C26H26ClN5O3/c1-3-4-24(34)29-21-10-20(27)9-19(15-33)25(21)22-11-23-26(35)31(13-16(2)32(23)30-22)14-18-7-5-17(12-28)6-8-18/h5-11,16,33H,3-4,13-15H2,1-2H3,(H,29,34)/t16-/m0/s1. The minimum Gasteiger partial charge on any atom is -0.392 e. The van der Waals surface area contributed by atoms with Crippen LogP contribution in [0.4, 0.5) is 5.69 Å². The van der Waals surface area contributed by atoms with E-state index in [9.17, 15) is 14.7 Å². The highest BCUT2D eigenvalue weighted by atomic mass is 35.5. The Hall–Kier alpha value is -3.67. The molecule has 0 spiro atoms. The Bertz CT molecular complexity index is 1310. The van der Waals surface area contributed by atoms with Gasteiger partial charge in [-0.25, -0.2) is 0 Å². The third kappa shape index (κ3) is 5.06. The molecule has 0 saturated carbocycles. The Kier molecular flexibility index (Phi) is 7.20. The number of aromatic nitrogens is 2. The summed E-state index contributed by atoms with van der Waals surface area (Å²) in [6, 6.07) is 14.1. The fourth-order valence-corrected chi connectivity index (χ4v) is 4.56. The van der Waals surface area contributed by atoms with Crippen molar-refractivity contribution in [3.05, 3.63) is 69.9 Å². The van der Waals surface area contributed by atoms with Crippen LogP contribution in [0, 0.1) is 11.3 Å². The van der Waals surface area contributed by atoms with Gasteiger partial charge in [-0.3, -0.25) is 14.3 Å². The fraction of sp³-hybridized carbons (Fsp3) is 0.308. The van der Waals surface area contributed by atoms with Crippen LogP contribution < -0.4 is 5.32 Å². The highest BCUT2D eigenvalue weighted by molar-refractivity contribution is 6.31. The molecule has 1 aromatic heterocycles. The van der Waals surface area contributed by atoms with Crippen molar-refractivity contribution in [2.75, 3.05) is 11.9 Å². The molecule has 2 N–H and O–H groups in total. The average Bonchev–Trinajstić information content (AvgIpc) is 3.28. The smallest absolute Gasteiger partial charge is 0.272 e. The van der Waals surface area contributed by atoms with E-state index in [1.807, 2.05) is 26.0 Å². The molecule has 3 aromatic rings. The summed E-state index contributed by atoms with van der Waals surface area (Å²) < 4.78 is 1.69. The SMILES string of the molecule is CCCC(=O)Nc1cc(Cl)cc(CO)c1-c1cc2n(n1)[C@@H](C)CN(Cc1ccc(C#N)cc1)C2=O. The molecule has 9 heteroatoms. The van der Waals surface area contributed by atoms with Crippen molar-refractivity contribution in [3.8, 4) is 17.3 Å². The van der Waals surface area contributed by atoms with E-state index >= 15 is 0 Å². The average molecular weight is 492 g/mol. The number of aliphatic hydroxyl groups excluding tert-OH is 1. The van der Waals surface area contributed by atoms with Crippen LogP contribution >= 0.6 is 11.6 Å². The van der Waals surface area contributed by atoms with E-state index in [1.54, 1.807) is 39.9 Å². The number of nitrogens with zero attached hydrogens (tertiary/aromatic N) is 4. The molecule has 0 aliphatic carbocycles. The topological polar surface area (TPSA) is 111 Å². The van der Waals surface area contributed by atoms with E-state index in [-0.39, 0.29) is 24.5 Å². The number of aliphatic hydroxyl groups is 1. The molecule has 2 heterocycles. The van der Waals surface area contributed by atoms with Gasteiger partial charge >= 0.3 is 0 Å². The third-order valence-corrected chi connectivity index (χ3v) is 6.18. The molecule has 4 rings (SSSR count). The monoisotopic (exact) mass is 491 g/mol. The van der Waals surface area contributed by atoms with Gasteiger partial charge in [0.1, 0.15) is 5.69 Å². The zero-order valence-electron chi connectivity index (χ0n) is 19.6. The lowest BCUT2D eigenvalue weighted by Crippen LogP contribution is -2.41. The van der Waals surface area contributed by atoms with Crippen LogP contribution in [-0.2, 0) is 17.9 Å². The highest BCUT2D eigenvalue weighted by Crippen LogP contribution is 2.36. The Morgan fingerprint density at radius 2 is 2.03 bits per heavy atom. The number of hydrogen-bond acceptors (Lipinski definition) is 5. The van der Waals surface area contributed by atoms with Gasteiger partial charge in [0.05, 0.1) is 35.7 Å². The molecule has 1 atom stereocenters. The van der Waals surface area contributed by atoms with Gasteiger partial charge in [-0.05, 0) is 54.8 Å². The van der Waals surface area contributed by atoms with Crippen LogP contribution in [0.1, 0.15) is 59.9 Å². The molecular formula is C26H26ClN5O3. The molecule has 2 aromatic carbocycles. The molecule has 0 saturated heterocycles. The van der Waals surface area contributed by atoms with E-state index in [1.165, 1.54) is 0 Å². The molecule has 180 valence electrons. The fourth-order valence-electron chi connectivity index (χ4n) is 4.32. The van der Waals surface area contributed by atoms with Crippen LogP contribution in [0.15, 0.2) is 42.5 Å². The Morgan fingerprint density at radius 1 is 1.29 bits per heavy atom. The van der Waals surface area contributed by atoms with Crippen LogP contribution in [0.3, 0.4) is 0 Å². The molecule has 0 unspecified atom stereocenters. The summed E-state index contributed by atoms with van der Waals surface area (Å²) >= 11 is 6.24. The van der Waals surface area contributed by atoms with E-state index in [0.717, 1.165) is 5.56 Å². The number of amides is 2. The Morgan fingerprint density at radius 3 is 2.69 bits per heavy atom. The number of rotatable bonds is 7. The van der Waals surface area contributed by atoms with Gasteiger partial charge in [0.2, 0.25) is 5.91 Å². The normalized spacial score (nSPS) is 15.0. The largest absolute Gasteiger partial charge is 0.392 e. The first-order valence-corrected chi connectivity index (χ1v) is 11.8. The second kappa shape index (κ2) is 10.3. The summed E-state index contributed by atoms with van der Waals surface area (Å²) in [7, 11) is 0. The maximum absolute atomic E-state index is 13.4. The number of hydrogen-bond donors (Lipinski definition) is 2. The summed E-state index contributed by atoms with van der Waals surface area (Å²) in [6.45, 7) is 4.48. The minimum atomic E-state index is -0.303. The van der Waals surface area contributed by atoms with Crippen molar-refractivity contribution in [3.63, 3.8) is 0 Å². The lowest BCUT2D eigenvalue weighted by Gasteiger charge is -2.31. The predicted octanol–water partition coefficient (Wildman–Crippen LogP) is 4.52. The van der Waals surface area contributed by atoms with Crippen molar-refractivity contribution >= 4 is 29.1 Å². The number of nitriles is 1. The van der Waals surface area contributed by atoms with E-state index in [2.05, 4.69) is 11.4 Å². The second-order valence-corrected chi connectivity index (χ2v) is 9.08. The van der Waals surface area contributed by atoms with Crippen LogP contribution in [-0.4, -0.2) is 38.1 Å². The lowest BCUT2D eigenvalue weighted by atomic mass is 10.0. The lowest BCUT2D eigenvalue weighted by molar-refractivity contribution is -0.116. The van der Waals surface area contributed by atoms with Gasteiger partial charge in [-0.2, -0.15) is 10.4 Å². The molecule has 1 aliphatic heterocycles. The van der Waals surface area contributed by atoms with Crippen molar-refractivity contribution < 1.29 is 14.7 Å². The number of halogens is 1. The highest BCUT2D eigenvalue weighted by Gasteiger charge is 2.32. The third-order valence-electron chi connectivity index (χ3n) is 5.96. The van der Waals surface area contributed by atoms with Crippen LogP contribution in [0.2, 0.25) is 5.02 Å².